The van der Waals surface area contributed by atoms with E-state index < -0.39 is 0 Å². The minimum absolute atomic E-state index is 0.706. The third-order valence-corrected chi connectivity index (χ3v) is 6.63. The molecule has 0 atom stereocenters. The van der Waals surface area contributed by atoms with Gasteiger partial charge < -0.3 is 4.57 Å². The zero-order valence-corrected chi connectivity index (χ0v) is 17.4. The van der Waals surface area contributed by atoms with Gasteiger partial charge in [0.15, 0.2) is 5.82 Å². The summed E-state index contributed by atoms with van der Waals surface area (Å²) in [6.07, 6.45) is 5.91. The molecule has 6 nitrogen and oxygen atoms in total. The number of benzene rings is 2. The fourth-order valence-corrected chi connectivity index (χ4v) is 4.92. The Morgan fingerprint density at radius 1 is 0.967 bits per heavy atom. The quantitative estimate of drug-likeness (QED) is 0.416. The largest absolute Gasteiger partial charge is 0.345 e. The highest BCUT2D eigenvalue weighted by molar-refractivity contribution is 7.19. The van der Waals surface area contributed by atoms with Crippen molar-refractivity contribution in [1.82, 2.24) is 29.3 Å². The number of hydrogen-bond donors (Lipinski definition) is 0. The average molecular weight is 411 g/mol. The molecule has 2 aliphatic heterocycles. The van der Waals surface area contributed by atoms with Crippen molar-refractivity contribution in [3.8, 4) is 22.8 Å². The third-order valence-electron chi connectivity index (χ3n) is 5.54. The number of aromatic nitrogens is 6. The molecule has 0 fully saturated rings. The van der Waals surface area contributed by atoms with E-state index in [4.69, 9.17) is 9.97 Å². The van der Waals surface area contributed by atoms with E-state index in [1.54, 1.807) is 11.3 Å². The molecule has 2 aliphatic rings. The van der Waals surface area contributed by atoms with E-state index in [9.17, 15) is 0 Å². The van der Waals surface area contributed by atoms with Gasteiger partial charge in [0.1, 0.15) is 10.7 Å². The lowest BCUT2D eigenvalue weighted by Gasteiger charge is -2.05. The number of hydrogen-bond acceptors (Lipinski definition) is 5. The van der Waals surface area contributed by atoms with E-state index in [0.29, 0.717) is 6.54 Å². The Bertz CT molecular complexity index is 1510. The summed E-state index contributed by atoms with van der Waals surface area (Å²) >= 11 is 1.75. The molecule has 30 heavy (non-hydrogen) atoms. The van der Waals surface area contributed by atoms with Crippen molar-refractivity contribution in [2.75, 3.05) is 0 Å². The van der Waals surface area contributed by atoms with E-state index in [-0.39, 0.29) is 0 Å². The van der Waals surface area contributed by atoms with Crippen LogP contribution in [0.2, 0.25) is 0 Å². The molecule has 6 rings (SSSR count). The molecule has 0 saturated heterocycles. The second-order valence-electron chi connectivity index (χ2n) is 7.44. The lowest BCUT2D eigenvalue weighted by molar-refractivity contribution is 0.740. The van der Waals surface area contributed by atoms with Gasteiger partial charge in [0, 0.05) is 30.5 Å². The summed E-state index contributed by atoms with van der Waals surface area (Å²) in [7, 11) is 1.93. The Morgan fingerprint density at radius 2 is 1.83 bits per heavy atom. The van der Waals surface area contributed by atoms with Crippen LogP contribution < -0.4 is 0 Å². The molecule has 7 heteroatoms. The molecule has 0 N–H and O–H groups in total. The van der Waals surface area contributed by atoms with E-state index in [2.05, 4.69) is 51.0 Å². The van der Waals surface area contributed by atoms with Crippen molar-refractivity contribution in [3.05, 3.63) is 71.8 Å². The summed E-state index contributed by atoms with van der Waals surface area (Å²) < 4.78 is 5.21. The van der Waals surface area contributed by atoms with Gasteiger partial charge in [0.2, 0.25) is 0 Å². The van der Waals surface area contributed by atoms with Crippen LogP contribution in [0.25, 0.3) is 43.8 Å². The molecule has 0 amide bonds. The second-order valence-corrected chi connectivity index (χ2v) is 8.53. The maximum atomic E-state index is 4.86. The van der Waals surface area contributed by atoms with E-state index in [1.807, 2.05) is 43.3 Å². The van der Waals surface area contributed by atoms with Gasteiger partial charge in [-0.2, -0.15) is 5.10 Å². The average Bonchev–Trinajstić information content (AvgIpc) is 3.45. The molecular formula is C23H18N6S. The first-order valence-corrected chi connectivity index (χ1v) is 10.6. The predicted molar refractivity (Wildman–Crippen MR) is 120 cm³/mol. The van der Waals surface area contributed by atoms with Gasteiger partial charge in [-0.25, -0.2) is 15.0 Å². The molecule has 4 heterocycles. The van der Waals surface area contributed by atoms with Gasteiger partial charge in [0.05, 0.1) is 34.2 Å². The zero-order chi connectivity index (χ0) is 20.2. The van der Waals surface area contributed by atoms with Gasteiger partial charge in [-0.3, -0.25) is 4.68 Å². The first-order chi connectivity index (χ1) is 14.7. The van der Waals surface area contributed by atoms with Gasteiger partial charge in [0.25, 0.3) is 0 Å². The zero-order valence-electron chi connectivity index (χ0n) is 16.6. The molecule has 0 saturated carbocycles. The summed E-state index contributed by atoms with van der Waals surface area (Å²) in [5.74, 6) is 0.722. The van der Waals surface area contributed by atoms with Crippen molar-refractivity contribution in [3.63, 3.8) is 0 Å². The van der Waals surface area contributed by atoms with Crippen LogP contribution in [-0.2, 0) is 13.6 Å². The Labute approximate surface area is 176 Å². The number of imidazole rings is 1. The van der Waals surface area contributed by atoms with Crippen LogP contribution in [-0.4, -0.2) is 29.3 Å². The number of pyridine rings is 1. The molecule has 0 radical (unpaired) electrons. The highest BCUT2D eigenvalue weighted by atomic mass is 32.1. The fraction of sp³-hybridized carbons (Fsp3) is 0.130. The van der Waals surface area contributed by atoms with Crippen LogP contribution in [0.4, 0.5) is 0 Å². The van der Waals surface area contributed by atoms with Crippen molar-refractivity contribution in [2.45, 2.75) is 13.5 Å². The van der Waals surface area contributed by atoms with Crippen LogP contribution in [0.3, 0.4) is 0 Å². The van der Waals surface area contributed by atoms with Crippen molar-refractivity contribution in [1.29, 1.82) is 0 Å². The van der Waals surface area contributed by atoms with Crippen molar-refractivity contribution in [2.24, 2.45) is 7.05 Å². The van der Waals surface area contributed by atoms with Crippen LogP contribution in [0, 0.1) is 6.92 Å². The van der Waals surface area contributed by atoms with Crippen LogP contribution in [0.1, 0.15) is 10.7 Å². The molecule has 2 aromatic carbocycles. The lowest BCUT2D eigenvalue weighted by atomic mass is 10.1. The SMILES string of the molecule is Cc1c(-c2nc3ccn(Cc4nc5ccc6ccccc6c5s4)cc-3n2)cnn1C. The molecule has 0 unspecified atom stereocenters. The minimum Gasteiger partial charge on any atom is -0.345 e. The molecule has 146 valence electrons. The maximum absolute atomic E-state index is 4.86. The smallest absolute Gasteiger partial charge is 0.164 e. The summed E-state index contributed by atoms with van der Waals surface area (Å²) in [5, 5.41) is 7.89. The predicted octanol–water partition coefficient (Wildman–Crippen LogP) is 4.90. The van der Waals surface area contributed by atoms with Gasteiger partial charge >= 0.3 is 0 Å². The first-order valence-electron chi connectivity index (χ1n) is 9.75. The topological polar surface area (TPSA) is 61.4 Å². The fourth-order valence-electron chi connectivity index (χ4n) is 3.81. The normalized spacial score (nSPS) is 11.8. The Balaban J connectivity index is 1.37. The van der Waals surface area contributed by atoms with Crippen LogP contribution >= 0.6 is 11.3 Å². The maximum Gasteiger partial charge on any atom is 0.164 e. The van der Waals surface area contributed by atoms with Crippen molar-refractivity contribution >= 4 is 32.3 Å². The molecule has 4 aromatic rings. The molecule has 0 spiro atoms. The summed E-state index contributed by atoms with van der Waals surface area (Å²) in [4.78, 5) is 14.3. The van der Waals surface area contributed by atoms with Crippen molar-refractivity contribution < 1.29 is 0 Å². The Kier molecular flexibility index (Phi) is 3.73. The van der Waals surface area contributed by atoms with Gasteiger partial charge in [-0.05, 0) is 24.4 Å². The Morgan fingerprint density at radius 3 is 2.70 bits per heavy atom. The summed E-state index contributed by atoms with van der Waals surface area (Å²) in [6.45, 7) is 2.73. The standard InChI is InChI=1S/C23H18N6S/c1-14-17(11-24-28(14)2)23-26-18-9-10-29(12-20(18)27-23)13-21-25-19-8-7-15-5-3-4-6-16(15)22(19)30-21/h3-12H,13H2,1-2H3. The van der Waals surface area contributed by atoms with E-state index >= 15 is 0 Å². The van der Waals surface area contributed by atoms with E-state index in [1.165, 1.54) is 15.5 Å². The molecule has 0 aliphatic carbocycles. The summed E-state index contributed by atoms with van der Waals surface area (Å²) in [6, 6.07) is 14.7. The first kappa shape index (κ1) is 17.3. The highest BCUT2D eigenvalue weighted by Gasteiger charge is 2.16. The van der Waals surface area contributed by atoms with E-state index in [0.717, 1.165) is 39.0 Å². The number of nitrogens with zero attached hydrogens (tertiary/aromatic N) is 6. The third kappa shape index (κ3) is 2.70. The molecule has 0 bridgehead atoms. The number of rotatable bonds is 3. The minimum atomic E-state index is 0.706. The summed E-state index contributed by atoms with van der Waals surface area (Å²) in [5.41, 5.74) is 4.85. The van der Waals surface area contributed by atoms with Gasteiger partial charge in [-0.1, -0.05) is 30.3 Å². The lowest BCUT2D eigenvalue weighted by Crippen LogP contribution is -2.00. The number of thiazole rings is 1. The second kappa shape index (κ2) is 6.47. The number of fused-ring (bicyclic) bond motifs is 4. The van der Waals surface area contributed by atoms with Crippen LogP contribution in [0.15, 0.2) is 61.1 Å². The van der Waals surface area contributed by atoms with Gasteiger partial charge in [-0.15, -0.1) is 11.3 Å². The Hall–Kier alpha value is -3.58. The highest BCUT2D eigenvalue weighted by Crippen LogP contribution is 2.31. The number of aryl methyl sites for hydroxylation is 1. The molecule has 2 aromatic heterocycles. The monoisotopic (exact) mass is 410 g/mol. The molecular weight excluding hydrogens is 392 g/mol. The van der Waals surface area contributed by atoms with Crippen LogP contribution in [0.5, 0.6) is 0 Å².